The number of rotatable bonds is 5. The van der Waals surface area contributed by atoms with Crippen molar-refractivity contribution in [1.82, 2.24) is 0 Å². The van der Waals surface area contributed by atoms with Crippen LogP contribution in [-0.2, 0) is 16.8 Å². The number of hydrogen-bond donors (Lipinski definition) is 0. The molecule has 0 N–H and O–H groups in total. The predicted octanol–water partition coefficient (Wildman–Crippen LogP) is 3.53. The zero-order chi connectivity index (χ0) is 13.8. The first-order valence-electron chi connectivity index (χ1n) is 5.36. The van der Waals surface area contributed by atoms with E-state index in [1.807, 2.05) is 0 Å². The van der Waals surface area contributed by atoms with Gasteiger partial charge in [0.2, 0.25) is 0 Å². The predicted molar refractivity (Wildman–Crippen MR) is 66.1 cm³/mol. The van der Waals surface area contributed by atoms with Crippen molar-refractivity contribution < 1.29 is 17.9 Å². The molecule has 0 bridgehead atoms. The highest BCUT2D eigenvalue weighted by molar-refractivity contribution is 6.17. The number of anilines is 1. The fraction of sp³-hybridized carbons (Fsp3) is 0.500. The molecule has 0 atom stereocenters. The van der Waals surface area contributed by atoms with Crippen molar-refractivity contribution in [2.24, 2.45) is 0 Å². The lowest BCUT2D eigenvalue weighted by Crippen LogP contribution is -2.22. The van der Waals surface area contributed by atoms with Crippen LogP contribution in [0.5, 0.6) is 0 Å². The van der Waals surface area contributed by atoms with E-state index >= 15 is 0 Å². The second kappa shape index (κ2) is 6.29. The zero-order valence-corrected chi connectivity index (χ0v) is 11.0. The van der Waals surface area contributed by atoms with Gasteiger partial charge in [-0.25, -0.2) is 0 Å². The molecule has 0 aromatic heterocycles. The van der Waals surface area contributed by atoms with Crippen LogP contribution < -0.4 is 4.90 Å². The van der Waals surface area contributed by atoms with Gasteiger partial charge in [0, 0.05) is 32.3 Å². The van der Waals surface area contributed by atoms with E-state index in [1.165, 1.54) is 6.07 Å². The molecule has 6 heteroatoms. The Morgan fingerprint density at radius 3 is 2.50 bits per heavy atom. The lowest BCUT2D eigenvalue weighted by Gasteiger charge is -2.21. The van der Waals surface area contributed by atoms with Crippen LogP contribution in [0.1, 0.15) is 11.1 Å². The highest BCUT2D eigenvalue weighted by Gasteiger charge is 2.33. The van der Waals surface area contributed by atoms with Crippen LogP contribution in [0.4, 0.5) is 18.9 Å². The molecule has 0 spiro atoms. The molecule has 1 rings (SSSR count). The minimum atomic E-state index is -4.39. The Labute approximate surface area is 109 Å². The molecule has 0 aliphatic carbocycles. The van der Waals surface area contributed by atoms with Crippen LogP contribution in [0.3, 0.4) is 0 Å². The van der Waals surface area contributed by atoms with Crippen LogP contribution in [-0.4, -0.2) is 27.3 Å². The summed E-state index contributed by atoms with van der Waals surface area (Å²) in [7, 11) is 3.26. The Morgan fingerprint density at radius 2 is 2.00 bits per heavy atom. The molecule has 102 valence electrons. The van der Waals surface area contributed by atoms with Gasteiger partial charge >= 0.3 is 6.18 Å². The van der Waals surface area contributed by atoms with E-state index in [1.54, 1.807) is 25.1 Å². The number of benzene rings is 1. The molecule has 0 heterocycles. The second-order valence-corrected chi connectivity index (χ2v) is 4.15. The molecule has 1 aromatic rings. The minimum absolute atomic E-state index is 0.0908. The van der Waals surface area contributed by atoms with Gasteiger partial charge in [-0.05, 0) is 17.7 Å². The Balaban J connectivity index is 3.03. The summed E-state index contributed by atoms with van der Waals surface area (Å²) in [5.41, 5.74) is -0.0967. The highest BCUT2D eigenvalue weighted by atomic mass is 35.5. The van der Waals surface area contributed by atoms with Gasteiger partial charge in [0.1, 0.15) is 0 Å². The molecule has 0 saturated heterocycles. The number of halogens is 4. The lowest BCUT2D eigenvalue weighted by molar-refractivity contribution is -0.138. The van der Waals surface area contributed by atoms with E-state index in [2.05, 4.69) is 0 Å². The summed E-state index contributed by atoms with van der Waals surface area (Å²) in [5, 5.41) is 0. The standard InChI is InChI=1S/C12H15ClF3NO/c1-17(5-6-18-2)10-4-3-9(8-13)11(7-10)12(14,15)16/h3-4,7H,5-6,8H2,1-2H3. The van der Waals surface area contributed by atoms with Gasteiger partial charge in [0.05, 0.1) is 12.2 Å². The molecule has 18 heavy (non-hydrogen) atoms. The maximum Gasteiger partial charge on any atom is 0.416 e. The van der Waals surface area contributed by atoms with Crippen molar-refractivity contribution in [2.75, 3.05) is 32.2 Å². The molecule has 0 unspecified atom stereocenters. The van der Waals surface area contributed by atoms with Gasteiger partial charge in [-0.3, -0.25) is 0 Å². The summed E-state index contributed by atoms with van der Waals surface area (Å²) in [4.78, 5) is 1.71. The average molecular weight is 282 g/mol. The van der Waals surface area contributed by atoms with Crippen LogP contribution >= 0.6 is 11.6 Å². The molecule has 0 fully saturated rings. The summed E-state index contributed by atoms with van der Waals surface area (Å²) in [6.45, 7) is 0.975. The Morgan fingerprint density at radius 1 is 1.33 bits per heavy atom. The van der Waals surface area contributed by atoms with E-state index in [0.717, 1.165) is 6.07 Å². The van der Waals surface area contributed by atoms with Gasteiger partial charge in [-0.2, -0.15) is 13.2 Å². The van der Waals surface area contributed by atoms with E-state index < -0.39 is 11.7 Å². The van der Waals surface area contributed by atoms with Crippen LogP contribution in [0, 0.1) is 0 Å². The quantitative estimate of drug-likeness (QED) is 0.766. The minimum Gasteiger partial charge on any atom is -0.383 e. The van der Waals surface area contributed by atoms with Crippen LogP contribution in [0.25, 0.3) is 0 Å². The molecule has 0 aliphatic heterocycles. The third kappa shape index (κ3) is 3.78. The maximum absolute atomic E-state index is 12.8. The highest BCUT2D eigenvalue weighted by Crippen LogP contribution is 2.35. The van der Waals surface area contributed by atoms with E-state index in [9.17, 15) is 13.2 Å². The Kier molecular flexibility index (Phi) is 5.28. The molecule has 1 aromatic carbocycles. The van der Waals surface area contributed by atoms with E-state index in [0.29, 0.717) is 18.8 Å². The summed E-state index contributed by atoms with van der Waals surface area (Å²) < 4.78 is 43.4. The average Bonchev–Trinajstić information content (AvgIpc) is 2.34. The molecule has 0 amide bonds. The van der Waals surface area contributed by atoms with Gasteiger partial charge in [0.25, 0.3) is 0 Å². The Bertz CT molecular complexity index is 395. The number of hydrogen-bond acceptors (Lipinski definition) is 2. The van der Waals surface area contributed by atoms with Crippen molar-refractivity contribution in [3.8, 4) is 0 Å². The molecule has 2 nitrogen and oxygen atoms in total. The van der Waals surface area contributed by atoms with Crippen molar-refractivity contribution in [1.29, 1.82) is 0 Å². The number of alkyl halides is 4. The van der Waals surface area contributed by atoms with Gasteiger partial charge in [0.15, 0.2) is 0 Å². The first-order valence-corrected chi connectivity index (χ1v) is 5.89. The van der Waals surface area contributed by atoms with Crippen molar-refractivity contribution in [3.63, 3.8) is 0 Å². The topological polar surface area (TPSA) is 12.5 Å². The van der Waals surface area contributed by atoms with Crippen molar-refractivity contribution in [2.45, 2.75) is 12.1 Å². The normalized spacial score (nSPS) is 11.7. The number of methoxy groups -OCH3 is 1. The monoisotopic (exact) mass is 281 g/mol. The van der Waals surface area contributed by atoms with Gasteiger partial charge in [-0.15, -0.1) is 11.6 Å². The van der Waals surface area contributed by atoms with Crippen LogP contribution in [0.2, 0.25) is 0 Å². The smallest absolute Gasteiger partial charge is 0.383 e. The molecule has 0 saturated carbocycles. The fourth-order valence-electron chi connectivity index (χ4n) is 1.54. The second-order valence-electron chi connectivity index (χ2n) is 3.89. The van der Waals surface area contributed by atoms with Crippen molar-refractivity contribution in [3.05, 3.63) is 29.3 Å². The summed E-state index contributed by atoms with van der Waals surface area (Å²) in [6, 6.07) is 4.16. The number of nitrogens with zero attached hydrogens (tertiary/aromatic N) is 1. The van der Waals surface area contributed by atoms with Gasteiger partial charge < -0.3 is 9.64 Å². The van der Waals surface area contributed by atoms with Crippen molar-refractivity contribution >= 4 is 17.3 Å². The fourth-order valence-corrected chi connectivity index (χ4v) is 1.77. The van der Waals surface area contributed by atoms with Gasteiger partial charge in [-0.1, -0.05) is 6.07 Å². The SMILES string of the molecule is COCCN(C)c1ccc(CCl)c(C(F)(F)F)c1. The maximum atomic E-state index is 12.8. The third-order valence-corrected chi connectivity index (χ3v) is 2.90. The first kappa shape index (κ1) is 15.1. The summed E-state index contributed by atoms with van der Waals surface area (Å²) in [5.74, 6) is -0.156. The molecular weight excluding hydrogens is 267 g/mol. The largest absolute Gasteiger partial charge is 0.416 e. The van der Waals surface area contributed by atoms with E-state index in [4.69, 9.17) is 16.3 Å². The van der Waals surface area contributed by atoms with Crippen LogP contribution in [0.15, 0.2) is 18.2 Å². The third-order valence-electron chi connectivity index (χ3n) is 2.61. The summed E-state index contributed by atoms with van der Waals surface area (Å²) in [6.07, 6.45) is -4.39. The summed E-state index contributed by atoms with van der Waals surface area (Å²) >= 11 is 5.52. The lowest BCUT2D eigenvalue weighted by atomic mass is 10.1. The number of likely N-dealkylation sites (N-methyl/N-ethyl adjacent to an activating group) is 1. The molecule has 0 aliphatic rings. The Hall–Kier alpha value is -0.940. The molecule has 0 radical (unpaired) electrons. The first-order chi connectivity index (χ1) is 8.40. The van der Waals surface area contributed by atoms with E-state index in [-0.39, 0.29) is 11.4 Å². The zero-order valence-electron chi connectivity index (χ0n) is 10.2. The molecular formula is C12H15ClF3NO. The number of ether oxygens (including phenoxy) is 1.